The Bertz CT molecular complexity index is 658. The first-order chi connectivity index (χ1) is 12.3. The summed E-state index contributed by atoms with van der Waals surface area (Å²) in [6, 6.07) is 13.4. The van der Waals surface area contributed by atoms with E-state index in [-0.39, 0.29) is 6.04 Å². The first kappa shape index (κ1) is 17.9. The molecule has 1 aliphatic rings. The molecule has 1 aromatic heterocycles. The van der Waals surface area contributed by atoms with Crippen LogP contribution in [0.1, 0.15) is 5.69 Å². The lowest BCUT2D eigenvalue weighted by molar-refractivity contribution is -0.115. The number of carbonyl (C=O) groups is 1. The van der Waals surface area contributed by atoms with Crippen LogP contribution in [0.4, 0.5) is 5.69 Å². The number of carbonyl (C=O) groups excluding carboxylic acids is 1. The summed E-state index contributed by atoms with van der Waals surface area (Å²) in [5.41, 5.74) is 2.04. The van der Waals surface area contributed by atoms with Gasteiger partial charge < -0.3 is 14.4 Å². The molecule has 0 bridgehead atoms. The highest BCUT2D eigenvalue weighted by atomic mass is 35.5. The molecule has 1 atom stereocenters. The van der Waals surface area contributed by atoms with Gasteiger partial charge in [0.15, 0.2) is 0 Å². The first-order valence-electron chi connectivity index (χ1n) is 8.44. The van der Waals surface area contributed by atoms with Crippen molar-refractivity contribution in [1.82, 2.24) is 9.88 Å². The minimum atomic E-state index is -0.212. The maximum Gasteiger partial charge on any atom is 0.139 e. The van der Waals surface area contributed by atoms with Crippen molar-refractivity contribution in [3.63, 3.8) is 0 Å². The molecule has 6 heteroatoms. The topological polar surface area (TPSA) is 45.7 Å². The van der Waals surface area contributed by atoms with Gasteiger partial charge in [0.1, 0.15) is 6.29 Å². The first-order valence-corrected chi connectivity index (χ1v) is 8.81. The van der Waals surface area contributed by atoms with E-state index in [4.69, 9.17) is 16.3 Å². The Morgan fingerprint density at radius 2 is 1.88 bits per heavy atom. The van der Waals surface area contributed by atoms with Crippen molar-refractivity contribution in [2.24, 2.45) is 0 Å². The monoisotopic (exact) mass is 359 g/mol. The number of aromatic nitrogens is 1. The van der Waals surface area contributed by atoms with Crippen molar-refractivity contribution in [3.8, 4) is 0 Å². The van der Waals surface area contributed by atoms with Crippen molar-refractivity contribution < 1.29 is 9.53 Å². The zero-order chi connectivity index (χ0) is 17.5. The molecule has 25 heavy (non-hydrogen) atoms. The highest BCUT2D eigenvalue weighted by Crippen LogP contribution is 2.20. The van der Waals surface area contributed by atoms with Crippen LogP contribution in [0.2, 0.25) is 5.02 Å². The fourth-order valence-electron chi connectivity index (χ4n) is 2.96. The standard InChI is InChI=1S/C19H22ClN3O2/c20-16-4-6-18(7-5-16)22-9-11-23(12-10-22)19(13-24)15-25-14-17-3-1-2-8-21-17/h1-8,13,19H,9-12,14-15H2. The van der Waals surface area contributed by atoms with E-state index in [1.165, 1.54) is 0 Å². The van der Waals surface area contributed by atoms with Crippen LogP contribution in [0.5, 0.6) is 0 Å². The van der Waals surface area contributed by atoms with E-state index in [0.29, 0.717) is 13.2 Å². The Kier molecular flexibility index (Phi) is 6.39. The van der Waals surface area contributed by atoms with Crippen LogP contribution in [0, 0.1) is 0 Å². The SMILES string of the molecule is O=CC(COCc1ccccn1)N1CCN(c2ccc(Cl)cc2)CC1. The molecule has 132 valence electrons. The summed E-state index contributed by atoms with van der Waals surface area (Å²) in [7, 11) is 0. The quantitative estimate of drug-likeness (QED) is 0.711. The van der Waals surface area contributed by atoms with Gasteiger partial charge in [-0.1, -0.05) is 17.7 Å². The molecule has 0 amide bonds. The summed E-state index contributed by atoms with van der Waals surface area (Å²) >= 11 is 5.94. The smallest absolute Gasteiger partial charge is 0.139 e. The summed E-state index contributed by atoms with van der Waals surface area (Å²) in [6.07, 6.45) is 2.72. The van der Waals surface area contributed by atoms with Crippen LogP contribution in [0.25, 0.3) is 0 Å². The van der Waals surface area contributed by atoms with Gasteiger partial charge in [-0.2, -0.15) is 0 Å². The average Bonchev–Trinajstić information content (AvgIpc) is 2.67. The van der Waals surface area contributed by atoms with Gasteiger partial charge in [0, 0.05) is 43.1 Å². The van der Waals surface area contributed by atoms with Crippen LogP contribution in [-0.2, 0) is 16.1 Å². The van der Waals surface area contributed by atoms with Crippen LogP contribution < -0.4 is 4.90 Å². The summed E-state index contributed by atoms with van der Waals surface area (Å²) in [6.45, 7) is 4.24. The van der Waals surface area contributed by atoms with Crippen molar-refractivity contribution in [2.75, 3.05) is 37.7 Å². The highest BCUT2D eigenvalue weighted by Gasteiger charge is 2.23. The number of nitrogens with zero attached hydrogens (tertiary/aromatic N) is 3. The molecule has 1 fully saturated rings. The van der Waals surface area contributed by atoms with Crippen LogP contribution in [0.3, 0.4) is 0 Å². The van der Waals surface area contributed by atoms with E-state index in [9.17, 15) is 4.79 Å². The van der Waals surface area contributed by atoms with Crippen LogP contribution >= 0.6 is 11.6 Å². The van der Waals surface area contributed by atoms with Crippen molar-refractivity contribution in [1.29, 1.82) is 0 Å². The Morgan fingerprint density at radius 1 is 1.12 bits per heavy atom. The molecule has 1 unspecified atom stereocenters. The predicted molar refractivity (Wildman–Crippen MR) is 99.0 cm³/mol. The van der Waals surface area contributed by atoms with E-state index in [1.54, 1.807) is 6.20 Å². The second-order valence-electron chi connectivity index (χ2n) is 6.04. The molecular formula is C19H22ClN3O2. The predicted octanol–water partition coefficient (Wildman–Crippen LogP) is 2.64. The lowest BCUT2D eigenvalue weighted by Crippen LogP contribution is -2.52. The van der Waals surface area contributed by atoms with E-state index in [0.717, 1.165) is 48.9 Å². The molecule has 0 N–H and O–H groups in total. The summed E-state index contributed by atoms with van der Waals surface area (Å²) in [5.74, 6) is 0. The van der Waals surface area contributed by atoms with Gasteiger partial charge in [-0.3, -0.25) is 9.88 Å². The molecule has 0 aliphatic carbocycles. The number of rotatable bonds is 7. The number of benzene rings is 1. The molecule has 5 nitrogen and oxygen atoms in total. The second-order valence-corrected chi connectivity index (χ2v) is 6.48. The largest absolute Gasteiger partial charge is 0.373 e. The van der Waals surface area contributed by atoms with Gasteiger partial charge in [0.25, 0.3) is 0 Å². The Morgan fingerprint density at radius 3 is 2.52 bits per heavy atom. The zero-order valence-electron chi connectivity index (χ0n) is 14.1. The van der Waals surface area contributed by atoms with Gasteiger partial charge in [-0.15, -0.1) is 0 Å². The van der Waals surface area contributed by atoms with E-state index < -0.39 is 0 Å². The fraction of sp³-hybridized carbons (Fsp3) is 0.368. The molecule has 0 saturated carbocycles. The lowest BCUT2D eigenvalue weighted by atomic mass is 10.2. The number of anilines is 1. The summed E-state index contributed by atoms with van der Waals surface area (Å²) in [4.78, 5) is 20.2. The number of pyridine rings is 1. The third-order valence-electron chi connectivity index (χ3n) is 4.40. The molecule has 0 radical (unpaired) electrons. The maximum atomic E-state index is 11.5. The maximum absolute atomic E-state index is 11.5. The van der Waals surface area contributed by atoms with Gasteiger partial charge in [-0.05, 0) is 36.4 Å². The van der Waals surface area contributed by atoms with Gasteiger partial charge in [0.2, 0.25) is 0 Å². The molecule has 2 aromatic rings. The van der Waals surface area contributed by atoms with Crippen LogP contribution in [0.15, 0.2) is 48.7 Å². The Balaban J connectivity index is 1.46. The van der Waals surface area contributed by atoms with Gasteiger partial charge in [0.05, 0.1) is 24.9 Å². The molecule has 1 aliphatic heterocycles. The Labute approximate surface area is 153 Å². The molecule has 2 heterocycles. The number of aldehydes is 1. The number of hydrogen-bond acceptors (Lipinski definition) is 5. The molecular weight excluding hydrogens is 338 g/mol. The van der Waals surface area contributed by atoms with Gasteiger partial charge in [-0.25, -0.2) is 0 Å². The van der Waals surface area contributed by atoms with Crippen molar-refractivity contribution in [3.05, 3.63) is 59.4 Å². The number of hydrogen-bond donors (Lipinski definition) is 0. The number of ether oxygens (including phenoxy) is 1. The minimum absolute atomic E-state index is 0.212. The highest BCUT2D eigenvalue weighted by molar-refractivity contribution is 6.30. The lowest BCUT2D eigenvalue weighted by Gasteiger charge is -2.38. The molecule has 0 spiro atoms. The van der Waals surface area contributed by atoms with Gasteiger partial charge >= 0.3 is 0 Å². The summed E-state index contributed by atoms with van der Waals surface area (Å²) < 4.78 is 5.69. The fourth-order valence-corrected chi connectivity index (χ4v) is 3.09. The third kappa shape index (κ3) is 5.01. The molecule has 1 aromatic carbocycles. The van der Waals surface area contributed by atoms with Crippen molar-refractivity contribution >= 4 is 23.6 Å². The number of piperazine rings is 1. The Hall–Kier alpha value is -1.95. The zero-order valence-corrected chi connectivity index (χ0v) is 14.8. The third-order valence-corrected chi connectivity index (χ3v) is 4.65. The van der Waals surface area contributed by atoms with Crippen LogP contribution in [-0.4, -0.2) is 55.0 Å². The van der Waals surface area contributed by atoms with E-state index >= 15 is 0 Å². The normalized spacial score (nSPS) is 16.6. The second kappa shape index (κ2) is 8.94. The molecule has 1 saturated heterocycles. The summed E-state index contributed by atoms with van der Waals surface area (Å²) in [5, 5.41) is 0.744. The average molecular weight is 360 g/mol. The van der Waals surface area contributed by atoms with E-state index in [1.807, 2.05) is 42.5 Å². The molecule has 3 rings (SSSR count). The van der Waals surface area contributed by atoms with E-state index in [2.05, 4.69) is 14.8 Å². The van der Waals surface area contributed by atoms with Crippen molar-refractivity contribution in [2.45, 2.75) is 12.6 Å². The minimum Gasteiger partial charge on any atom is -0.373 e. The number of halogens is 1.